The maximum atomic E-state index is 5.98. The smallest absolute Gasteiger partial charge is 0.134 e. The summed E-state index contributed by atoms with van der Waals surface area (Å²) in [5, 5.41) is 4.12. The van der Waals surface area contributed by atoms with Crippen molar-refractivity contribution in [2.24, 2.45) is 0 Å². The Morgan fingerprint density at radius 3 is 2.75 bits per heavy atom. The van der Waals surface area contributed by atoms with E-state index in [0.717, 1.165) is 35.2 Å². The standard InChI is InChI=1S/C16H20ClNO.ClH/c1-2-3-4-10-18-12-15-8-9-16(19-15)13-6-5-7-14(17)11-13;/h5-9,11,18H,2-4,10,12H2,1H3;1H. The number of hydrogen-bond donors (Lipinski definition) is 1. The van der Waals surface area contributed by atoms with Gasteiger partial charge in [-0.2, -0.15) is 0 Å². The second-order valence-electron chi connectivity index (χ2n) is 4.66. The summed E-state index contributed by atoms with van der Waals surface area (Å²) in [7, 11) is 0. The van der Waals surface area contributed by atoms with Gasteiger partial charge >= 0.3 is 0 Å². The molecule has 0 unspecified atom stereocenters. The summed E-state index contributed by atoms with van der Waals surface area (Å²) in [6, 6.07) is 11.7. The van der Waals surface area contributed by atoms with Crippen LogP contribution >= 0.6 is 24.0 Å². The van der Waals surface area contributed by atoms with Crippen LogP contribution in [0.25, 0.3) is 11.3 Å². The first-order chi connectivity index (χ1) is 9.29. The minimum atomic E-state index is 0. The average molecular weight is 314 g/mol. The Hall–Kier alpha value is -0.960. The molecule has 2 rings (SSSR count). The first-order valence-corrected chi connectivity index (χ1v) is 7.23. The predicted octanol–water partition coefficient (Wildman–Crippen LogP) is 5.30. The molecule has 1 aromatic carbocycles. The van der Waals surface area contributed by atoms with Gasteiger partial charge in [-0.15, -0.1) is 12.4 Å². The molecule has 0 saturated carbocycles. The van der Waals surface area contributed by atoms with Crippen molar-refractivity contribution in [3.8, 4) is 11.3 Å². The Morgan fingerprint density at radius 2 is 2.00 bits per heavy atom. The van der Waals surface area contributed by atoms with Crippen molar-refractivity contribution in [2.45, 2.75) is 32.7 Å². The number of rotatable bonds is 7. The fraction of sp³-hybridized carbons (Fsp3) is 0.375. The molecule has 1 aromatic heterocycles. The SMILES string of the molecule is CCCCCNCc1ccc(-c2cccc(Cl)c2)o1.Cl. The molecule has 0 bridgehead atoms. The third-order valence-electron chi connectivity index (χ3n) is 3.03. The van der Waals surface area contributed by atoms with E-state index >= 15 is 0 Å². The zero-order chi connectivity index (χ0) is 13.5. The molecule has 0 spiro atoms. The van der Waals surface area contributed by atoms with Crippen LogP contribution in [0.3, 0.4) is 0 Å². The number of nitrogens with one attached hydrogen (secondary N) is 1. The maximum absolute atomic E-state index is 5.98. The molecule has 0 aliphatic carbocycles. The molecule has 0 radical (unpaired) electrons. The first kappa shape index (κ1) is 17.1. The lowest BCUT2D eigenvalue weighted by Gasteiger charge is -2.02. The van der Waals surface area contributed by atoms with E-state index in [1.165, 1.54) is 19.3 Å². The quantitative estimate of drug-likeness (QED) is 0.701. The number of benzene rings is 1. The van der Waals surface area contributed by atoms with Crippen LogP contribution in [0.15, 0.2) is 40.8 Å². The summed E-state index contributed by atoms with van der Waals surface area (Å²) in [6.07, 6.45) is 3.75. The van der Waals surface area contributed by atoms with E-state index < -0.39 is 0 Å². The zero-order valence-corrected chi connectivity index (χ0v) is 13.3. The second kappa shape index (κ2) is 9.06. The highest BCUT2D eigenvalue weighted by Gasteiger charge is 2.04. The van der Waals surface area contributed by atoms with Gasteiger partial charge in [-0.1, -0.05) is 43.5 Å². The average Bonchev–Trinajstić information content (AvgIpc) is 2.87. The van der Waals surface area contributed by atoms with E-state index in [9.17, 15) is 0 Å². The van der Waals surface area contributed by atoms with Crippen molar-refractivity contribution in [1.82, 2.24) is 5.32 Å². The molecule has 20 heavy (non-hydrogen) atoms. The lowest BCUT2D eigenvalue weighted by molar-refractivity contribution is 0.488. The van der Waals surface area contributed by atoms with Crippen molar-refractivity contribution < 1.29 is 4.42 Å². The fourth-order valence-electron chi connectivity index (χ4n) is 1.98. The molecule has 110 valence electrons. The number of hydrogen-bond acceptors (Lipinski definition) is 2. The highest BCUT2D eigenvalue weighted by Crippen LogP contribution is 2.24. The van der Waals surface area contributed by atoms with E-state index in [1.54, 1.807) is 0 Å². The number of halogens is 2. The number of unbranched alkanes of at least 4 members (excludes halogenated alkanes) is 2. The summed E-state index contributed by atoms with van der Waals surface area (Å²) in [5.74, 6) is 1.83. The molecule has 1 heterocycles. The van der Waals surface area contributed by atoms with E-state index in [0.29, 0.717) is 0 Å². The summed E-state index contributed by atoms with van der Waals surface area (Å²) < 4.78 is 5.81. The van der Waals surface area contributed by atoms with Gasteiger partial charge in [0.2, 0.25) is 0 Å². The molecule has 2 nitrogen and oxygen atoms in total. The normalized spacial score (nSPS) is 10.3. The van der Waals surface area contributed by atoms with Crippen molar-refractivity contribution >= 4 is 24.0 Å². The third kappa shape index (κ3) is 5.20. The Labute approximate surface area is 131 Å². The largest absolute Gasteiger partial charge is 0.460 e. The van der Waals surface area contributed by atoms with Gasteiger partial charge in [0, 0.05) is 10.6 Å². The van der Waals surface area contributed by atoms with Crippen LogP contribution in [0.1, 0.15) is 31.9 Å². The van der Waals surface area contributed by atoms with Crippen LogP contribution in [0.4, 0.5) is 0 Å². The summed E-state index contributed by atoms with van der Waals surface area (Å²) in [6.45, 7) is 4.04. The Balaban J connectivity index is 0.00000200. The van der Waals surface area contributed by atoms with Gasteiger partial charge < -0.3 is 9.73 Å². The van der Waals surface area contributed by atoms with Crippen molar-refractivity contribution in [3.05, 3.63) is 47.2 Å². The van der Waals surface area contributed by atoms with Crippen LogP contribution in [0.5, 0.6) is 0 Å². The third-order valence-corrected chi connectivity index (χ3v) is 3.26. The highest BCUT2D eigenvalue weighted by atomic mass is 35.5. The minimum Gasteiger partial charge on any atom is -0.460 e. The molecule has 0 aliphatic rings. The maximum Gasteiger partial charge on any atom is 0.134 e. The van der Waals surface area contributed by atoms with Crippen molar-refractivity contribution in [2.75, 3.05) is 6.54 Å². The van der Waals surface area contributed by atoms with Gasteiger partial charge in [0.25, 0.3) is 0 Å². The lowest BCUT2D eigenvalue weighted by atomic mass is 10.2. The molecule has 4 heteroatoms. The van der Waals surface area contributed by atoms with E-state index in [1.807, 2.05) is 36.4 Å². The highest BCUT2D eigenvalue weighted by molar-refractivity contribution is 6.30. The van der Waals surface area contributed by atoms with Crippen LogP contribution in [-0.4, -0.2) is 6.54 Å². The molecular weight excluding hydrogens is 293 g/mol. The van der Waals surface area contributed by atoms with Crippen LogP contribution in [0, 0.1) is 0 Å². The van der Waals surface area contributed by atoms with Gasteiger partial charge in [-0.05, 0) is 37.2 Å². The monoisotopic (exact) mass is 313 g/mol. The molecular formula is C16H21Cl2NO. The predicted molar refractivity (Wildman–Crippen MR) is 87.6 cm³/mol. The van der Waals surface area contributed by atoms with E-state index in [2.05, 4.69) is 12.2 Å². The van der Waals surface area contributed by atoms with Crippen LogP contribution in [-0.2, 0) is 6.54 Å². The first-order valence-electron chi connectivity index (χ1n) is 6.85. The molecule has 0 aliphatic heterocycles. The molecule has 0 fully saturated rings. The minimum absolute atomic E-state index is 0. The van der Waals surface area contributed by atoms with Crippen molar-refractivity contribution in [3.63, 3.8) is 0 Å². The van der Waals surface area contributed by atoms with Gasteiger partial charge in [0.05, 0.1) is 6.54 Å². The molecule has 0 amide bonds. The topological polar surface area (TPSA) is 25.2 Å². The molecule has 0 saturated heterocycles. The zero-order valence-electron chi connectivity index (χ0n) is 11.7. The molecule has 2 aromatic rings. The fourth-order valence-corrected chi connectivity index (χ4v) is 2.17. The Bertz CT molecular complexity index is 511. The van der Waals surface area contributed by atoms with Crippen LogP contribution < -0.4 is 5.32 Å². The van der Waals surface area contributed by atoms with Gasteiger partial charge in [-0.25, -0.2) is 0 Å². The van der Waals surface area contributed by atoms with Gasteiger partial charge in [-0.3, -0.25) is 0 Å². The Kier molecular flexibility index (Phi) is 7.75. The summed E-state index contributed by atoms with van der Waals surface area (Å²) >= 11 is 5.98. The summed E-state index contributed by atoms with van der Waals surface area (Å²) in [5.41, 5.74) is 1.02. The number of furan rings is 1. The Morgan fingerprint density at radius 1 is 1.15 bits per heavy atom. The van der Waals surface area contributed by atoms with Gasteiger partial charge in [0.1, 0.15) is 11.5 Å². The van der Waals surface area contributed by atoms with Crippen molar-refractivity contribution in [1.29, 1.82) is 0 Å². The molecule has 1 N–H and O–H groups in total. The second-order valence-corrected chi connectivity index (χ2v) is 5.10. The van der Waals surface area contributed by atoms with E-state index in [4.69, 9.17) is 16.0 Å². The van der Waals surface area contributed by atoms with Crippen LogP contribution in [0.2, 0.25) is 5.02 Å². The lowest BCUT2D eigenvalue weighted by Crippen LogP contribution is -2.13. The van der Waals surface area contributed by atoms with Gasteiger partial charge in [0.15, 0.2) is 0 Å². The molecule has 0 atom stereocenters. The summed E-state index contributed by atoms with van der Waals surface area (Å²) in [4.78, 5) is 0. The van der Waals surface area contributed by atoms with E-state index in [-0.39, 0.29) is 12.4 Å².